The van der Waals surface area contributed by atoms with Gasteiger partial charge in [0.25, 0.3) is 0 Å². The average molecular weight is 471 g/mol. The maximum atomic E-state index is 14.1. The highest BCUT2D eigenvalue weighted by atomic mass is 32.1. The van der Waals surface area contributed by atoms with Crippen LogP contribution in [0.3, 0.4) is 0 Å². The van der Waals surface area contributed by atoms with Crippen molar-refractivity contribution in [2.24, 2.45) is 0 Å². The van der Waals surface area contributed by atoms with E-state index in [1.165, 1.54) is 28.6 Å². The van der Waals surface area contributed by atoms with E-state index in [-0.39, 0.29) is 17.9 Å². The minimum Gasteiger partial charge on any atom is -0.351 e. The number of pyridine rings is 1. The highest BCUT2D eigenvalue weighted by molar-refractivity contribution is 7.80. The lowest BCUT2D eigenvalue weighted by Crippen LogP contribution is -2.29. The molecule has 0 saturated carbocycles. The van der Waals surface area contributed by atoms with Crippen LogP contribution < -0.4 is 10.2 Å². The molecule has 2 unspecified atom stereocenters. The molecule has 2 atom stereocenters. The summed E-state index contributed by atoms with van der Waals surface area (Å²) >= 11 is 5.83. The predicted octanol–water partition coefficient (Wildman–Crippen LogP) is 6.17. The molecule has 0 aliphatic carbocycles. The normalized spacial score (nSPS) is 17.8. The molecule has 0 amide bonds. The van der Waals surface area contributed by atoms with Gasteiger partial charge in [0.1, 0.15) is 5.82 Å². The van der Waals surface area contributed by atoms with Crippen LogP contribution in [0.1, 0.15) is 45.9 Å². The van der Waals surface area contributed by atoms with Crippen LogP contribution in [0.4, 0.5) is 10.1 Å². The molecular formula is C28H27FN4S. The van der Waals surface area contributed by atoms with Gasteiger partial charge in [-0.1, -0.05) is 36.4 Å². The quantitative estimate of drug-likeness (QED) is 0.354. The van der Waals surface area contributed by atoms with E-state index in [1.54, 1.807) is 19.2 Å². The third-order valence-electron chi connectivity index (χ3n) is 6.63. The largest absolute Gasteiger partial charge is 0.351 e. The Bertz CT molecular complexity index is 1330. The first-order valence-electron chi connectivity index (χ1n) is 11.4. The van der Waals surface area contributed by atoms with E-state index < -0.39 is 0 Å². The lowest BCUT2D eigenvalue weighted by Gasteiger charge is -2.28. The number of hydrogen-bond donors (Lipinski definition) is 1. The lowest BCUT2D eigenvalue weighted by atomic mass is 9.96. The molecule has 3 heterocycles. The van der Waals surface area contributed by atoms with Gasteiger partial charge in [-0.25, -0.2) is 4.39 Å². The van der Waals surface area contributed by atoms with Crippen molar-refractivity contribution < 1.29 is 4.39 Å². The number of aromatic nitrogens is 2. The van der Waals surface area contributed by atoms with Crippen LogP contribution in [0.15, 0.2) is 79.0 Å². The second-order valence-electron chi connectivity index (χ2n) is 8.83. The standard InChI is InChI=1S/C28H27FN4S/c1-18-15-22(12-13-24(18)29)33-27(26(31-28(33)34)25-11-7-8-14-30-25)23-16-19(2)32(20(23)3)17-21-9-5-4-6-10-21/h4-16,26-27H,17H2,1-3H3,(H,31,34). The first kappa shape index (κ1) is 22.3. The molecule has 4 nitrogen and oxygen atoms in total. The topological polar surface area (TPSA) is 33.1 Å². The summed E-state index contributed by atoms with van der Waals surface area (Å²) < 4.78 is 16.4. The Kier molecular flexibility index (Phi) is 5.92. The van der Waals surface area contributed by atoms with Crippen molar-refractivity contribution in [1.29, 1.82) is 0 Å². The van der Waals surface area contributed by atoms with E-state index in [9.17, 15) is 4.39 Å². The molecule has 172 valence electrons. The van der Waals surface area contributed by atoms with Crippen LogP contribution in [-0.4, -0.2) is 14.7 Å². The minimum atomic E-state index is -0.222. The van der Waals surface area contributed by atoms with Gasteiger partial charge in [-0.2, -0.15) is 0 Å². The van der Waals surface area contributed by atoms with Gasteiger partial charge in [-0.3, -0.25) is 4.98 Å². The zero-order chi connectivity index (χ0) is 23.8. The number of anilines is 1. The fourth-order valence-corrected chi connectivity index (χ4v) is 5.21. The Hall–Kier alpha value is -3.51. The first-order chi connectivity index (χ1) is 16.4. The molecule has 0 spiro atoms. The smallest absolute Gasteiger partial charge is 0.174 e. The Morgan fingerprint density at radius 3 is 2.44 bits per heavy atom. The highest BCUT2D eigenvalue weighted by Gasteiger charge is 2.42. The second kappa shape index (κ2) is 9.03. The molecule has 1 aliphatic rings. The molecule has 6 heteroatoms. The van der Waals surface area contributed by atoms with Crippen molar-refractivity contribution in [3.63, 3.8) is 0 Å². The Morgan fingerprint density at radius 1 is 0.971 bits per heavy atom. The van der Waals surface area contributed by atoms with Gasteiger partial charge in [0.15, 0.2) is 5.11 Å². The van der Waals surface area contributed by atoms with Gasteiger partial charge < -0.3 is 14.8 Å². The summed E-state index contributed by atoms with van der Waals surface area (Å²) in [7, 11) is 0. The van der Waals surface area contributed by atoms with Gasteiger partial charge in [0.05, 0.1) is 17.8 Å². The van der Waals surface area contributed by atoms with Crippen LogP contribution in [0.2, 0.25) is 0 Å². The molecule has 0 radical (unpaired) electrons. The third-order valence-corrected chi connectivity index (χ3v) is 6.95. The van der Waals surface area contributed by atoms with Crippen molar-refractivity contribution in [2.75, 3.05) is 4.90 Å². The number of halogens is 1. The molecule has 1 fully saturated rings. The molecule has 2 aromatic carbocycles. The zero-order valence-electron chi connectivity index (χ0n) is 19.5. The van der Waals surface area contributed by atoms with E-state index in [2.05, 4.69) is 63.9 Å². The molecule has 4 aromatic rings. The maximum Gasteiger partial charge on any atom is 0.174 e. The van der Waals surface area contributed by atoms with E-state index in [4.69, 9.17) is 12.2 Å². The SMILES string of the molecule is Cc1cc(N2C(=S)NC(c3ccccn3)C2c2cc(C)n(Cc3ccccc3)c2C)ccc1F. The molecule has 2 aromatic heterocycles. The maximum absolute atomic E-state index is 14.1. The van der Waals surface area contributed by atoms with Crippen LogP contribution in [0, 0.1) is 26.6 Å². The highest BCUT2D eigenvalue weighted by Crippen LogP contribution is 2.43. The van der Waals surface area contributed by atoms with Crippen LogP contribution in [0.25, 0.3) is 0 Å². The lowest BCUT2D eigenvalue weighted by molar-refractivity contribution is 0.563. The van der Waals surface area contributed by atoms with Crippen molar-refractivity contribution in [2.45, 2.75) is 39.4 Å². The third kappa shape index (κ3) is 3.99. The van der Waals surface area contributed by atoms with Crippen LogP contribution >= 0.6 is 12.2 Å². The summed E-state index contributed by atoms with van der Waals surface area (Å²) in [5, 5.41) is 4.11. The monoisotopic (exact) mass is 470 g/mol. The first-order valence-corrected chi connectivity index (χ1v) is 11.8. The molecular weight excluding hydrogens is 443 g/mol. The van der Waals surface area contributed by atoms with Gasteiger partial charge in [0.2, 0.25) is 0 Å². The fraction of sp³-hybridized carbons (Fsp3) is 0.214. The van der Waals surface area contributed by atoms with Gasteiger partial charge in [-0.05, 0) is 86.1 Å². The molecule has 5 rings (SSSR count). The van der Waals surface area contributed by atoms with E-state index in [1.807, 2.05) is 30.3 Å². The summed E-state index contributed by atoms with van der Waals surface area (Å²) in [5.41, 5.74) is 7.18. The zero-order valence-corrected chi connectivity index (χ0v) is 20.3. The van der Waals surface area contributed by atoms with Gasteiger partial charge in [-0.15, -0.1) is 0 Å². The summed E-state index contributed by atoms with van der Waals surface area (Å²) in [5.74, 6) is -0.222. The number of benzene rings is 2. The minimum absolute atomic E-state index is 0.122. The number of thiocarbonyl (C=S) groups is 1. The number of nitrogens with zero attached hydrogens (tertiary/aromatic N) is 3. The predicted molar refractivity (Wildman–Crippen MR) is 139 cm³/mol. The molecule has 0 bridgehead atoms. The van der Waals surface area contributed by atoms with E-state index in [0.717, 1.165) is 17.9 Å². The van der Waals surface area contributed by atoms with Crippen molar-refractivity contribution in [1.82, 2.24) is 14.9 Å². The van der Waals surface area contributed by atoms with E-state index in [0.29, 0.717) is 10.7 Å². The van der Waals surface area contributed by atoms with Crippen molar-refractivity contribution in [3.05, 3.63) is 119 Å². The summed E-state index contributed by atoms with van der Waals surface area (Å²) in [6.45, 7) is 6.88. The van der Waals surface area contributed by atoms with Gasteiger partial charge >= 0.3 is 0 Å². The molecule has 1 saturated heterocycles. The molecule has 1 aliphatic heterocycles. The fourth-order valence-electron chi connectivity index (χ4n) is 4.86. The number of nitrogens with one attached hydrogen (secondary N) is 1. The Morgan fingerprint density at radius 2 is 1.74 bits per heavy atom. The number of rotatable bonds is 5. The summed E-state index contributed by atoms with van der Waals surface area (Å²) in [6, 6.07) is 23.6. The number of aryl methyl sites for hydroxylation is 2. The second-order valence-corrected chi connectivity index (χ2v) is 9.22. The number of hydrogen-bond acceptors (Lipinski definition) is 2. The van der Waals surface area contributed by atoms with Crippen LogP contribution in [0.5, 0.6) is 0 Å². The Labute approximate surface area is 205 Å². The summed E-state index contributed by atoms with van der Waals surface area (Å²) in [4.78, 5) is 6.75. The van der Waals surface area contributed by atoms with Crippen molar-refractivity contribution in [3.8, 4) is 0 Å². The Balaban J connectivity index is 1.63. The van der Waals surface area contributed by atoms with Gasteiger partial charge in [0, 0.05) is 29.8 Å². The van der Waals surface area contributed by atoms with Crippen LogP contribution in [-0.2, 0) is 6.54 Å². The molecule has 1 N–H and O–H groups in total. The average Bonchev–Trinajstić information content (AvgIpc) is 3.33. The van der Waals surface area contributed by atoms with E-state index >= 15 is 0 Å². The van der Waals surface area contributed by atoms with Crippen molar-refractivity contribution >= 4 is 23.0 Å². The summed E-state index contributed by atoms with van der Waals surface area (Å²) in [6.07, 6.45) is 1.81. The molecule has 34 heavy (non-hydrogen) atoms.